The number of carbonyl (C=O) groups excluding carboxylic acids is 1. The van der Waals surface area contributed by atoms with Gasteiger partial charge in [0.25, 0.3) is 0 Å². The lowest BCUT2D eigenvalue weighted by Crippen LogP contribution is -2.27. The number of hydrogen-bond acceptors (Lipinski definition) is 3. The van der Waals surface area contributed by atoms with Crippen LogP contribution in [-0.4, -0.2) is 28.7 Å². The maximum Gasteiger partial charge on any atom is 0.326 e. The van der Waals surface area contributed by atoms with Crippen molar-refractivity contribution in [2.75, 3.05) is 13.2 Å². The van der Waals surface area contributed by atoms with E-state index in [0.717, 1.165) is 35.0 Å². The van der Waals surface area contributed by atoms with Gasteiger partial charge < -0.3 is 15.5 Å². The summed E-state index contributed by atoms with van der Waals surface area (Å²) in [4.78, 5) is 26.8. The second kappa shape index (κ2) is 6.22. The third kappa shape index (κ3) is 2.85. The Morgan fingerprint density at radius 3 is 2.64 bits per heavy atom. The van der Waals surface area contributed by atoms with Crippen molar-refractivity contribution in [1.29, 1.82) is 0 Å². The highest BCUT2D eigenvalue weighted by atomic mass is 16.5. The van der Waals surface area contributed by atoms with E-state index in [9.17, 15) is 9.59 Å². The van der Waals surface area contributed by atoms with Crippen molar-refractivity contribution in [3.63, 3.8) is 0 Å². The van der Waals surface area contributed by atoms with E-state index < -0.39 is 5.91 Å². The van der Waals surface area contributed by atoms with Crippen molar-refractivity contribution in [3.8, 4) is 11.1 Å². The minimum Gasteiger partial charge on any atom is -0.381 e. The van der Waals surface area contributed by atoms with Gasteiger partial charge in [-0.05, 0) is 48.2 Å². The number of primary amides is 1. The molecule has 0 atom stereocenters. The van der Waals surface area contributed by atoms with Crippen LogP contribution in [0.15, 0.2) is 47.3 Å². The van der Waals surface area contributed by atoms with Gasteiger partial charge in [0.05, 0.1) is 11.0 Å². The van der Waals surface area contributed by atoms with E-state index in [-0.39, 0.29) is 11.7 Å². The molecule has 0 spiro atoms. The molecule has 25 heavy (non-hydrogen) atoms. The number of fused-ring (bicyclic) bond motifs is 1. The highest BCUT2D eigenvalue weighted by Crippen LogP contribution is 2.27. The average Bonchev–Trinajstić information content (AvgIpc) is 2.97. The number of nitrogens with zero attached hydrogens (tertiary/aromatic N) is 1. The minimum absolute atomic E-state index is 0.0927. The summed E-state index contributed by atoms with van der Waals surface area (Å²) in [5.41, 5.74) is 9.23. The average molecular weight is 337 g/mol. The van der Waals surface area contributed by atoms with Crippen LogP contribution in [0, 0.1) is 0 Å². The van der Waals surface area contributed by atoms with Crippen LogP contribution >= 0.6 is 0 Å². The molecule has 0 bridgehead atoms. The van der Waals surface area contributed by atoms with E-state index in [1.165, 1.54) is 0 Å². The summed E-state index contributed by atoms with van der Waals surface area (Å²) < 4.78 is 7.23. The molecule has 6 nitrogen and oxygen atoms in total. The zero-order valence-corrected chi connectivity index (χ0v) is 13.7. The van der Waals surface area contributed by atoms with Gasteiger partial charge in [-0.3, -0.25) is 9.36 Å². The lowest BCUT2D eigenvalue weighted by atomic mass is 10.0. The van der Waals surface area contributed by atoms with E-state index in [4.69, 9.17) is 10.5 Å². The summed E-state index contributed by atoms with van der Waals surface area (Å²) in [5, 5.41) is 0. The SMILES string of the molecule is NC(=O)c1cccc(-c2ccc3c(c2)[nH]c(=O)n3C2CCOCC2)c1. The number of H-pyrrole nitrogens is 1. The molecule has 0 radical (unpaired) electrons. The molecule has 1 aromatic heterocycles. The highest BCUT2D eigenvalue weighted by Gasteiger charge is 2.20. The summed E-state index contributed by atoms with van der Waals surface area (Å²) in [7, 11) is 0. The first-order valence-corrected chi connectivity index (χ1v) is 8.36. The lowest BCUT2D eigenvalue weighted by Gasteiger charge is -2.23. The predicted octanol–water partition coefficient (Wildman–Crippen LogP) is 2.45. The number of imidazole rings is 1. The number of rotatable bonds is 3. The predicted molar refractivity (Wildman–Crippen MR) is 95.6 cm³/mol. The number of nitrogens with one attached hydrogen (secondary N) is 1. The van der Waals surface area contributed by atoms with E-state index in [1.807, 2.05) is 28.8 Å². The molecule has 3 N–H and O–H groups in total. The first kappa shape index (κ1) is 15.7. The van der Waals surface area contributed by atoms with Crippen LogP contribution in [0.2, 0.25) is 0 Å². The van der Waals surface area contributed by atoms with Crippen molar-refractivity contribution < 1.29 is 9.53 Å². The number of amides is 1. The number of aromatic nitrogens is 2. The largest absolute Gasteiger partial charge is 0.381 e. The Hall–Kier alpha value is -2.86. The van der Waals surface area contributed by atoms with Crippen LogP contribution in [-0.2, 0) is 4.74 Å². The molecule has 1 saturated heterocycles. The third-order valence-corrected chi connectivity index (χ3v) is 4.75. The van der Waals surface area contributed by atoms with Crippen LogP contribution in [0.3, 0.4) is 0 Å². The van der Waals surface area contributed by atoms with Crippen molar-refractivity contribution in [1.82, 2.24) is 9.55 Å². The Bertz CT molecular complexity index is 997. The van der Waals surface area contributed by atoms with Gasteiger partial charge in [0.2, 0.25) is 5.91 Å². The molecule has 3 aromatic rings. The molecule has 1 aliphatic heterocycles. The van der Waals surface area contributed by atoms with Crippen molar-refractivity contribution in [2.24, 2.45) is 5.73 Å². The standard InChI is InChI=1S/C19H19N3O3/c20-18(23)14-3-1-2-12(10-14)13-4-5-17-16(11-13)21-19(24)22(17)15-6-8-25-9-7-15/h1-5,10-11,15H,6-9H2,(H2,20,23)(H,21,24). The van der Waals surface area contributed by atoms with Crippen LogP contribution in [0.25, 0.3) is 22.2 Å². The Labute approximate surface area is 144 Å². The van der Waals surface area contributed by atoms with Gasteiger partial charge in [0.1, 0.15) is 0 Å². The van der Waals surface area contributed by atoms with Crippen LogP contribution in [0.1, 0.15) is 29.2 Å². The second-order valence-electron chi connectivity index (χ2n) is 6.32. The van der Waals surface area contributed by atoms with E-state index in [1.54, 1.807) is 18.2 Å². The van der Waals surface area contributed by atoms with Gasteiger partial charge in [0, 0.05) is 24.8 Å². The summed E-state index contributed by atoms with van der Waals surface area (Å²) in [6.07, 6.45) is 1.69. The number of aromatic amines is 1. The molecule has 4 rings (SSSR count). The number of nitrogens with two attached hydrogens (primary N) is 1. The molecule has 128 valence electrons. The second-order valence-corrected chi connectivity index (χ2v) is 6.32. The smallest absolute Gasteiger partial charge is 0.326 e. The van der Waals surface area contributed by atoms with Crippen molar-refractivity contribution >= 4 is 16.9 Å². The monoisotopic (exact) mass is 337 g/mol. The summed E-state index contributed by atoms with van der Waals surface area (Å²) >= 11 is 0. The van der Waals surface area contributed by atoms with Crippen LogP contribution in [0.4, 0.5) is 0 Å². The molecular weight excluding hydrogens is 318 g/mol. The molecule has 6 heteroatoms. The van der Waals surface area contributed by atoms with E-state index in [2.05, 4.69) is 4.98 Å². The molecule has 1 amide bonds. The highest BCUT2D eigenvalue weighted by molar-refractivity contribution is 5.94. The lowest BCUT2D eigenvalue weighted by molar-refractivity contribution is 0.0698. The molecule has 0 unspecified atom stereocenters. The Balaban J connectivity index is 1.78. The normalized spacial score (nSPS) is 15.5. The van der Waals surface area contributed by atoms with Gasteiger partial charge >= 0.3 is 5.69 Å². The maximum absolute atomic E-state index is 12.4. The van der Waals surface area contributed by atoms with Crippen molar-refractivity contribution in [2.45, 2.75) is 18.9 Å². The van der Waals surface area contributed by atoms with E-state index >= 15 is 0 Å². The molecule has 2 aromatic carbocycles. The van der Waals surface area contributed by atoms with Gasteiger partial charge in [-0.2, -0.15) is 0 Å². The van der Waals surface area contributed by atoms with Gasteiger partial charge in [-0.15, -0.1) is 0 Å². The summed E-state index contributed by atoms with van der Waals surface area (Å²) in [5.74, 6) is -0.456. The van der Waals surface area contributed by atoms with Gasteiger partial charge in [-0.25, -0.2) is 4.79 Å². The first-order valence-electron chi connectivity index (χ1n) is 8.36. The topological polar surface area (TPSA) is 90.1 Å². The quantitative estimate of drug-likeness (QED) is 0.769. The van der Waals surface area contributed by atoms with Gasteiger partial charge in [-0.1, -0.05) is 18.2 Å². The number of carbonyl (C=O) groups is 1. The van der Waals surface area contributed by atoms with Gasteiger partial charge in [0.15, 0.2) is 0 Å². The summed E-state index contributed by atoms with van der Waals surface area (Å²) in [6.45, 7) is 1.36. The zero-order chi connectivity index (χ0) is 17.4. The maximum atomic E-state index is 12.4. The number of ether oxygens (including phenoxy) is 1. The minimum atomic E-state index is -0.456. The zero-order valence-electron chi connectivity index (χ0n) is 13.7. The fourth-order valence-electron chi connectivity index (χ4n) is 3.47. The molecular formula is C19H19N3O3. The van der Waals surface area contributed by atoms with Crippen LogP contribution < -0.4 is 11.4 Å². The first-order chi connectivity index (χ1) is 12.1. The third-order valence-electron chi connectivity index (χ3n) is 4.75. The number of hydrogen-bond donors (Lipinski definition) is 2. The van der Waals surface area contributed by atoms with E-state index in [0.29, 0.717) is 18.8 Å². The Morgan fingerprint density at radius 1 is 1.12 bits per heavy atom. The Morgan fingerprint density at radius 2 is 1.88 bits per heavy atom. The fraction of sp³-hybridized carbons (Fsp3) is 0.263. The fourth-order valence-corrected chi connectivity index (χ4v) is 3.47. The van der Waals surface area contributed by atoms with Crippen molar-refractivity contribution in [3.05, 3.63) is 58.5 Å². The molecule has 2 heterocycles. The molecule has 0 saturated carbocycles. The number of benzene rings is 2. The molecule has 0 aliphatic carbocycles. The molecule has 1 aliphatic rings. The molecule has 1 fully saturated rings. The van der Waals surface area contributed by atoms with Crippen LogP contribution in [0.5, 0.6) is 0 Å². The summed E-state index contributed by atoms with van der Waals surface area (Å²) in [6, 6.07) is 13.2. The Kier molecular flexibility index (Phi) is 3.89.